The van der Waals surface area contributed by atoms with Crippen LogP contribution in [-0.4, -0.2) is 128 Å². The second kappa shape index (κ2) is 20.6. The van der Waals surface area contributed by atoms with E-state index in [2.05, 4.69) is 89.1 Å². The lowest BCUT2D eigenvalue weighted by atomic mass is 9.95. The van der Waals surface area contributed by atoms with Gasteiger partial charge in [-0.15, -0.1) is 6.58 Å². The lowest BCUT2D eigenvalue weighted by molar-refractivity contribution is -0.125. The molecule has 62 heavy (non-hydrogen) atoms. The number of nitrogens with zero attached hydrogens (tertiary/aromatic N) is 9. The van der Waals surface area contributed by atoms with Crippen molar-refractivity contribution in [2.45, 2.75) is 71.0 Å². The van der Waals surface area contributed by atoms with E-state index in [4.69, 9.17) is 9.98 Å². The van der Waals surface area contributed by atoms with Gasteiger partial charge in [0.25, 0.3) is 11.8 Å². The Morgan fingerprint density at radius 1 is 0.968 bits per heavy atom. The molecule has 1 aromatic heterocycles. The Morgan fingerprint density at radius 2 is 1.66 bits per heavy atom. The summed E-state index contributed by atoms with van der Waals surface area (Å²) in [5.41, 5.74) is 11.4. The molecule has 1 atom stereocenters. The number of piperazine rings is 1. The van der Waals surface area contributed by atoms with E-state index in [1.54, 1.807) is 28.0 Å². The summed E-state index contributed by atoms with van der Waals surface area (Å²) >= 11 is 0. The van der Waals surface area contributed by atoms with Crippen LogP contribution < -0.4 is 25.9 Å². The van der Waals surface area contributed by atoms with Gasteiger partial charge in [-0.2, -0.15) is 0 Å². The second-order valence-electron chi connectivity index (χ2n) is 15.8. The van der Waals surface area contributed by atoms with Gasteiger partial charge >= 0.3 is 0 Å². The van der Waals surface area contributed by atoms with E-state index in [-0.39, 0.29) is 30.7 Å². The highest BCUT2D eigenvalue weighted by atomic mass is 16.2. The fraction of sp³-hybridized carbons (Fsp3) is 0.426. The zero-order chi connectivity index (χ0) is 44.5. The third-order valence-corrected chi connectivity index (χ3v) is 12.3. The predicted molar refractivity (Wildman–Crippen MR) is 247 cm³/mol. The van der Waals surface area contributed by atoms with Crippen molar-refractivity contribution in [2.75, 3.05) is 74.7 Å². The number of aryl methyl sites for hydroxylation is 1. The molecule has 3 amide bonds. The summed E-state index contributed by atoms with van der Waals surface area (Å²) in [4.78, 5) is 73.6. The van der Waals surface area contributed by atoms with Gasteiger partial charge in [-0.05, 0) is 99.6 Å². The van der Waals surface area contributed by atoms with Crippen LogP contribution in [0.25, 0.3) is 0 Å². The van der Waals surface area contributed by atoms with Gasteiger partial charge in [0.2, 0.25) is 5.91 Å². The van der Waals surface area contributed by atoms with E-state index < -0.39 is 6.04 Å². The van der Waals surface area contributed by atoms with E-state index in [0.717, 1.165) is 86.6 Å². The highest BCUT2D eigenvalue weighted by molar-refractivity contribution is 6.31. The molecule has 7 rings (SSSR count). The summed E-state index contributed by atoms with van der Waals surface area (Å²) in [6, 6.07) is 17.9. The van der Waals surface area contributed by atoms with Crippen molar-refractivity contribution in [1.82, 2.24) is 25.1 Å². The third kappa shape index (κ3) is 9.33. The van der Waals surface area contributed by atoms with Gasteiger partial charge in [-0.25, -0.2) is 20.0 Å². The fourth-order valence-electron chi connectivity index (χ4n) is 8.72. The molecule has 0 spiro atoms. The maximum atomic E-state index is 13.8. The molecular formula is C47H61N11O4. The van der Waals surface area contributed by atoms with Gasteiger partial charge in [0, 0.05) is 100 Å². The van der Waals surface area contributed by atoms with Gasteiger partial charge < -0.3 is 30.5 Å². The molecule has 15 heteroatoms. The Hall–Kier alpha value is -6.19. The van der Waals surface area contributed by atoms with Crippen LogP contribution in [0.3, 0.4) is 0 Å². The number of benzene rings is 2. The molecule has 0 bridgehead atoms. The highest BCUT2D eigenvalue weighted by Gasteiger charge is 2.41. The summed E-state index contributed by atoms with van der Waals surface area (Å²) < 4.78 is 0. The quantitative estimate of drug-likeness (QED) is 0.0870. The van der Waals surface area contributed by atoms with Crippen molar-refractivity contribution in [3.8, 4) is 0 Å². The monoisotopic (exact) mass is 843 g/mol. The number of nitrogens with one attached hydrogen (secondary N) is 1. The number of rotatable bonds is 16. The summed E-state index contributed by atoms with van der Waals surface area (Å²) in [6.07, 6.45) is 6.35. The molecule has 15 nitrogen and oxygen atoms in total. The Bertz CT molecular complexity index is 2190. The summed E-state index contributed by atoms with van der Waals surface area (Å²) in [5, 5.41) is 5.95. The number of hydrazine groups is 1. The SMILES string of the molecule is C=CCN1C(=O)/C(=C/N=C)C(=Nc2ccc(N3CC(N4CCN(c5ccc6c(c5)CN(C(C=O)CCC(=O)NC)C6=O)CC4)C3)cc2)N1c1ccc(C)c(C(CC)CC)n1.CN. The van der Waals surface area contributed by atoms with E-state index in [1.807, 2.05) is 30.3 Å². The topological polar surface area (TPSA) is 163 Å². The minimum Gasteiger partial charge on any atom is -0.369 e. The maximum absolute atomic E-state index is 13.8. The Balaban J connectivity index is 0.00000316. The molecular weight excluding hydrogens is 783 g/mol. The van der Waals surface area contributed by atoms with Crippen molar-refractivity contribution < 1.29 is 19.2 Å². The molecule has 3 N–H and O–H groups in total. The van der Waals surface area contributed by atoms with Crippen molar-refractivity contribution in [3.63, 3.8) is 0 Å². The minimum atomic E-state index is -0.632. The number of hydrogen-bond acceptors (Lipinski definition) is 11. The standard InChI is InChI=1S/C46H56N10O4.CH5N/c1-7-20-55-46(60)40(26-47-5)44(56(55)41-18-10-31(4)43(50-41)32(8-2)9-3)49-34-11-13-35(14-12-34)53-28-38(29-53)52-23-21-51(22-24-52)36-15-17-39-33(25-36)27-54(45(39)59)37(30-57)16-19-42(58)48-6;1-2/h7,10-15,17-18,25-26,30,32,37-38H,1,5,8-9,16,19-24,27-29H2,2-4,6H3,(H,48,58);2H2,1H3/b40-26+,49-44?;. The number of carbonyl (C=O) groups is 4. The molecule has 5 heterocycles. The van der Waals surface area contributed by atoms with Crippen LogP contribution in [-0.2, 0) is 20.9 Å². The number of nitrogens with two attached hydrogens (primary N) is 1. The molecule has 328 valence electrons. The molecule has 3 saturated heterocycles. The average Bonchev–Trinajstić information content (AvgIpc) is 3.74. The number of hydrogen-bond donors (Lipinski definition) is 2. The molecule has 3 fully saturated rings. The van der Waals surface area contributed by atoms with Gasteiger partial charge in [0.15, 0.2) is 11.7 Å². The third-order valence-electron chi connectivity index (χ3n) is 12.3. The largest absolute Gasteiger partial charge is 0.369 e. The van der Waals surface area contributed by atoms with Crippen LogP contribution in [0.1, 0.15) is 72.6 Å². The van der Waals surface area contributed by atoms with Crippen LogP contribution >= 0.6 is 0 Å². The number of anilines is 3. The average molecular weight is 844 g/mol. The number of aliphatic imine (C=N–C) groups is 2. The number of amidine groups is 1. The first-order chi connectivity index (χ1) is 30.1. The van der Waals surface area contributed by atoms with Crippen LogP contribution in [0.15, 0.2) is 89.0 Å². The first-order valence-corrected chi connectivity index (χ1v) is 21.6. The van der Waals surface area contributed by atoms with Crippen molar-refractivity contribution in [3.05, 3.63) is 101 Å². The number of aromatic nitrogens is 1. The molecule has 3 aromatic rings. The smallest absolute Gasteiger partial charge is 0.278 e. The molecule has 4 aliphatic rings. The van der Waals surface area contributed by atoms with Gasteiger partial charge in [0.1, 0.15) is 11.9 Å². The second-order valence-corrected chi connectivity index (χ2v) is 15.8. The normalized spacial score (nSPS) is 18.5. The number of fused-ring (bicyclic) bond motifs is 1. The first-order valence-electron chi connectivity index (χ1n) is 21.6. The zero-order valence-electron chi connectivity index (χ0n) is 36.8. The van der Waals surface area contributed by atoms with Crippen LogP contribution in [0, 0.1) is 6.92 Å². The van der Waals surface area contributed by atoms with Crippen LogP contribution in [0.5, 0.6) is 0 Å². The van der Waals surface area contributed by atoms with Gasteiger partial charge in [-0.3, -0.25) is 24.3 Å². The minimum absolute atomic E-state index is 0.150. The van der Waals surface area contributed by atoms with E-state index in [9.17, 15) is 19.2 Å². The maximum Gasteiger partial charge on any atom is 0.278 e. The highest BCUT2D eigenvalue weighted by Crippen LogP contribution is 2.34. The van der Waals surface area contributed by atoms with E-state index in [0.29, 0.717) is 53.4 Å². The summed E-state index contributed by atoms with van der Waals surface area (Å²) in [7, 11) is 3.06. The number of pyridine rings is 1. The number of amides is 3. The Kier molecular flexibility index (Phi) is 15.1. The lowest BCUT2D eigenvalue weighted by Gasteiger charge is -2.49. The first kappa shape index (κ1) is 45.3. The molecule has 0 saturated carbocycles. The zero-order valence-corrected chi connectivity index (χ0v) is 36.8. The Labute approximate surface area is 365 Å². The van der Waals surface area contributed by atoms with E-state index in [1.165, 1.54) is 13.2 Å². The lowest BCUT2D eigenvalue weighted by Crippen LogP contribution is -2.63. The molecule has 0 radical (unpaired) electrons. The molecule has 0 aliphatic carbocycles. The summed E-state index contributed by atoms with van der Waals surface area (Å²) in [6.45, 7) is 20.1. The summed E-state index contributed by atoms with van der Waals surface area (Å²) in [5.74, 6) is 0.804. The number of carbonyl (C=O) groups excluding carboxylic acids is 4. The predicted octanol–water partition coefficient (Wildman–Crippen LogP) is 4.99. The van der Waals surface area contributed by atoms with Crippen LogP contribution in [0.4, 0.5) is 22.9 Å². The number of aldehydes is 1. The van der Waals surface area contributed by atoms with Gasteiger partial charge in [0.05, 0.1) is 18.3 Å². The fourth-order valence-corrected chi connectivity index (χ4v) is 8.72. The Morgan fingerprint density at radius 3 is 2.29 bits per heavy atom. The van der Waals surface area contributed by atoms with Crippen LogP contribution in [0.2, 0.25) is 0 Å². The van der Waals surface area contributed by atoms with Crippen molar-refractivity contribution in [1.29, 1.82) is 0 Å². The van der Waals surface area contributed by atoms with Crippen molar-refractivity contribution >= 4 is 59.4 Å². The molecule has 4 aliphatic heterocycles. The molecule has 2 aromatic carbocycles. The van der Waals surface area contributed by atoms with Crippen molar-refractivity contribution in [2.24, 2.45) is 15.7 Å². The van der Waals surface area contributed by atoms with Gasteiger partial charge in [-0.1, -0.05) is 26.0 Å². The van der Waals surface area contributed by atoms with E-state index >= 15 is 0 Å². The molecule has 1 unspecified atom stereocenters.